The van der Waals surface area contributed by atoms with Crippen molar-refractivity contribution < 1.29 is 8.97 Å². The molecule has 0 saturated carbocycles. The van der Waals surface area contributed by atoms with E-state index < -0.39 is 0 Å². The number of quaternary nitrogens is 2. The summed E-state index contributed by atoms with van der Waals surface area (Å²) in [6, 6.07) is 0. The van der Waals surface area contributed by atoms with E-state index in [0.717, 1.165) is 0 Å². The highest BCUT2D eigenvalue weighted by Crippen LogP contribution is 2.20. The fourth-order valence-corrected chi connectivity index (χ4v) is 9.08. The smallest absolute Gasteiger partial charge is 0.128 e. The Balaban J connectivity index is 5.01. The van der Waals surface area contributed by atoms with Gasteiger partial charge in [-0.05, 0) is 51.4 Å². The van der Waals surface area contributed by atoms with Gasteiger partial charge in [0.2, 0.25) is 0 Å². The van der Waals surface area contributed by atoms with E-state index in [1.54, 1.807) is 0 Å². The Morgan fingerprint density at radius 3 is 0.444 bits per heavy atom. The molecular weight excluding hydrogens is 653 g/mol. The third kappa shape index (κ3) is 38.8. The van der Waals surface area contributed by atoms with Gasteiger partial charge < -0.3 is 8.97 Å². The van der Waals surface area contributed by atoms with Gasteiger partial charge in [0.15, 0.2) is 0 Å². The average molecular weight is 763 g/mol. The summed E-state index contributed by atoms with van der Waals surface area (Å²) in [4.78, 5) is 0. The van der Waals surface area contributed by atoms with E-state index in [9.17, 15) is 0 Å². The van der Waals surface area contributed by atoms with Crippen molar-refractivity contribution in [2.24, 2.45) is 0 Å². The summed E-state index contributed by atoms with van der Waals surface area (Å²) in [6.07, 6.45) is 58.1. The first-order chi connectivity index (χ1) is 26.4. The van der Waals surface area contributed by atoms with Crippen molar-refractivity contribution in [3.05, 3.63) is 0 Å². The molecule has 0 fully saturated rings. The van der Waals surface area contributed by atoms with Crippen molar-refractivity contribution in [2.75, 3.05) is 53.4 Å². The molecule has 0 aliphatic heterocycles. The lowest BCUT2D eigenvalue weighted by Gasteiger charge is -2.40. The molecule has 0 aliphatic carbocycles. The third-order valence-electron chi connectivity index (χ3n) is 13.4. The summed E-state index contributed by atoms with van der Waals surface area (Å²) < 4.78 is 2.69. The molecule has 2 nitrogen and oxygen atoms in total. The molecule has 0 bridgehead atoms. The van der Waals surface area contributed by atoms with Crippen molar-refractivity contribution in [1.29, 1.82) is 0 Å². The van der Waals surface area contributed by atoms with Crippen LogP contribution < -0.4 is 0 Å². The fourth-order valence-electron chi connectivity index (χ4n) is 9.08. The summed E-state index contributed by atoms with van der Waals surface area (Å²) in [5, 5.41) is 0. The molecule has 0 aliphatic rings. The summed E-state index contributed by atoms with van der Waals surface area (Å²) in [5.41, 5.74) is 0. The number of nitrogens with zero attached hydrogens (tertiary/aromatic N) is 2. The first-order valence-electron chi connectivity index (χ1n) is 26.1. The van der Waals surface area contributed by atoms with E-state index in [1.165, 1.54) is 305 Å². The first kappa shape index (κ1) is 53.9. The monoisotopic (exact) mass is 763 g/mol. The molecule has 0 unspecified atom stereocenters. The van der Waals surface area contributed by atoms with Crippen molar-refractivity contribution in [3.8, 4) is 0 Å². The van der Waals surface area contributed by atoms with Crippen LogP contribution in [0.25, 0.3) is 0 Å². The average Bonchev–Trinajstić information content (AvgIpc) is 3.17. The molecule has 2 heteroatoms. The maximum absolute atomic E-state index is 2.67. The summed E-state index contributed by atoms with van der Waals surface area (Å²) in [7, 11) is 5.35. The molecule has 0 rings (SSSR count). The number of hydrogen-bond acceptors (Lipinski definition) is 0. The molecule has 0 aromatic rings. The number of unbranched alkanes of at least 4 members (excludes halogenated alkanes) is 36. The number of likely N-dealkylation sites (N-methyl/N-ethyl adjacent to an activating group) is 2. The minimum Gasteiger partial charge on any atom is -0.321 e. The second kappa shape index (κ2) is 42.5. The number of rotatable bonds is 47. The molecule has 326 valence electrons. The minimum absolute atomic E-state index is 1.35. The molecule has 54 heavy (non-hydrogen) atoms. The molecule has 0 heterocycles. The summed E-state index contributed by atoms with van der Waals surface area (Å²) >= 11 is 0. The predicted octanol–water partition coefficient (Wildman–Crippen LogP) is 17.6. The lowest BCUT2D eigenvalue weighted by atomic mass is 10.0. The van der Waals surface area contributed by atoms with Crippen LogP contribution >= 0.6 is 0 Å². The maximum Gasteiger partial charge on any atom is 0.128 e. The zero-order valence-corrected chi connectivity index (χ0v) is 39.4. The van der Waals surface area contributed by atoms with E-state index in [0.29, 0.717) is 0 Å². The zero-order valence-electron chi connectivity index (χ0n) is 39.4. The van der Waals surface area contributed by atoms with Gasteiger partial charge in [0.1, 0.15) is 13.1 Å². The zero-order chi connectivity index (χ0) is 39.5. The first-order valence-corrected chi connectivity index (χ1v) is 26.1. The van der Waals surface area contributed by atoms with Gasteiger partial charge in [-0.15, -0.1) is 0 Å². The van der Waals surface area contributed by atoms with Crippen LogP contribution in [0.15, 0.2) is 0 Å². The van der Waals surface area contributed by atoms with Crippen LogP contribution in [0.4, 0.5) is 0 Å². The Morgan fingerprint density at radius 2 is 0.296 bits per heavy atom. The third-order valence-corrected chi connectivity index (χ3v) is 13.4. The summed E-state index contributed by atoms with van der Waals surface area (Å²) in [5.74, 6) is 0. The van der Waals surface area contributed by atoms with Crippen LogP contribution in [0, 0.1) is 0 Å². The van der Waals surface area contributed by atoms with Crippen LogP contribution in [-0.4, -0.2) is 62.3 Å². The summed E-state index contributed by atoms with van der Waals surface area (Å²) in [6.45, 7) is 17.8. The van der Waals surface area contributed by atoms with Crippen LogP contribution in [0.2, 0.25) is 0 Å². The maximum atomic E-state index is 2.67. The van der Waals surface area contributed by atoms with E-state index in [4.69, 9.17) is 0 Å². The van der Waals surface area contributed by atoms with Crippen molar-refractivity contribution in [3.63, 3.8) is 0 Å². The van der Waals surface area contributed by atoms with Crippen molar-refractivity contribution >= 4 is 0 Å². The normalized spacial score (nSPS) is 12.3. The SMILES string of the molecule is CCCCCCCCCCCC[N+](C)(CCCCCCCCCCCC)CC[N+](C)(CCCCCCCCCCCC)CCCCCCCCCCCC. The van der Waals surface area contributed by atoms with Gasteiger partial charge in [-0.1, -0.05) is 233 Å². The van der Waals surface area contributed by atoms with Gasteiger partial charge in [-0.25, -0.2) is 0 Å². The molecular formula is C52H110N2+2. The highest BCUT2D eigenvalue weighted by atomic mass is 15.4. The van der Waals surface area contributed by atoms with Crippen LogP contribution in [0.3, 0.4) is 0 Å². The highest BCUT2D eigenvalue weighted by molar-refractivity contribution is 4.55. The minimum atomic E-state index is 1.35. The molecule has 0 saturated heterocycles. The molecule has 0 atom stereocenters. The molecule has 0 amide bonds. The Bertz CT molecular complexity index is 582. The Hall–Kier alpha value is -0.0800. The fraction of sp³-hybridized carbons (Fsp3) is 1.00. The second-order valence-electron chi connectivity index (χ2n) is 19.3. The van der Waals surface area contributed by atoms with E-state index in [1.807, 2.05) is 0 Å². The molecule has 0 spiro atoms. The molecule has 0 aromatic carbocycles. The Kier molecular flexibility index (Phi) is 42.5. The molecule has 0 N–H and O–H groups in total. The Morgan fingerprint density at radius 1 is 0.167 bits per heavy atom. The van der Waals surface area contributed by atoms with Crippen molar-refractivity contribution in [1.82, 2.24) is 0 Å². The van der Waals surface area contributed by atoms with Gasteiger partial charge in [-0.3, -0.25) is 0 Å². The van der Waals surface area contributed by atoms with Gasteiger partial charge >= 0.3 is 0 Å². The molecule has 0 radical (unpaired) electrons. The van der Waals surface area contributed by atoms with Gasteiger partial charge in [-0.2, -0.15) is 0 Å². The lowest BCUT2D eigenvalue weighted by Crippen LogP contribution is -2.55. The lowest BCUT2D eigenvalue weighted by molar-refractivity contribution is -0.964. The predicted molar refractivity (Wildman–Crippen MR) is 249 cm³/mol. The van der Waals surface area contributed by atoms with Crippen LogP contribution in [0.5, 0.6) is 0 Å². The number of hydrogen-bond donors (Lipinski definition) is 0. The van der Waals surface area contributed by atoms with Gasteiger partial charge in [0.25, 0.3) is 0 Å². The standard InChI is InChI=1S/C52H110N2/c1-7-11-15-19-23-27-31-35-39-43-47-53(5,48-44-40-36-32-28-24-20-16-12-8-2)51-52-54(6,49-45-41-37-33-29-25-21-17-13-9-3)50-46-42-38-34-30-26-22-18-14-10-4/h7-52H2,1-6H3/q+2. The van der Waals surface area contributed by atoms with Crippen LogP contribution in [0.1, 0.15) is 285 Å². The highest BCUT2D eigenvalue weighted by Gasteiger charge is 2.28. The van der Waals surface area contributed by atoms with E-state index >= 15 is 0 Å². The Labute approximate surface area is 345 Å². The van der Waals surface area contributed by atoms with Crippen LogP contribution in [-0.2, 0) is 0 Å². The van der Waals surface area contributed by atoms with Gasteiger partial charge in [0.05, 0.1) is 40.3 Å². The van der Waals surface area contributed by atoms with E-state index in [2.05, 4.69) is 41.8 Å². The topological polar surface area (TPSA) is 0 Å². The van der Waals surface area contributed by atoms with Gasteiger partial charge in [0, 0.05) is 0 Å². The molecule has 0 aromatic heterocycles. The second-order valence-corrected chi connectivity index (χ2v) is 19.3. The van der Waals surface area contributed by atoms with Crippen molar-refractivity contribution in [2.45, 2.75) is 285 Å². The van der Waals surface area contributed by atoms with E-state index in [-0.39, 0.29) is 0 Å². The quantitative estimate of drug-likeness (QED) is 0.0428. The largest absolute Gasteiger partial charge is 0.321 e.